The fraction of sp³-hybridized carbons (Fsp3) is 0.214. The van der Waals surface area contributed by atoms with E-state index in [1.165, 1.54) is 0 Å². The second-order valence-corrected chi connectivity index (χ2v) is 8.89. The Bertz CT molecular complexity index is 1300. The van der Waals surface area contributed by atoms with Crippen molar-refractivity contribution in [1.29, 1.82) is 0 Å². The first-order valence-electron chi connectivity index (χ1n) is 11.6. The van der Waals surface area contributed by atoms with Gasteiger partial charge in [0.2, 0.25) is 11.8 Å². The molecule has 2 aliphatic heterocycles. The van der Waals surface area contributed by atoms with Gasteiger partial charge in [-0.2, -0.15) is 0 Å². The van der Waals surface area contributed by atoms with Crippen LogP contribution in [-0.4, -0.2) is 41.1 Å². The molecular weight excluding hydrogens is 442 g/mol. The lowest BCUT2D eigenvalue weighted by atomic mass is 9.89. The van der Waals surface area contributed by atoms with Crippen LogP contribution in [0.4, 0.5) is 11.4 Å². The molecule has 0 saturated carbocycles. The van der Waals surface area contributed by atoms with Crippen LogP contribution in [0, 0.1) is 0 Å². The normalized spacial score (nSPS) is 18.8. The fourth-order valence-corrected chi connectivity index (χ4v) is 5.17. The van der Waals surface area contributed by atoms with Crippen molar-refractivity contribution in [1.82, 2.24) is 4.90 Å². The Balaban J connectivity index is 1.47. The van der Waals surface area contributed by atoms with E-state index in [0.717, 1.165) is 16.2 Å². The lowest BCUT2D eigenvalue weighted by molar-refractivity contribution is -0.119. The molecule has 2 heterocycles. The molecule has 0 aromatic heterocycles. The molecule has 2 aliphatic rings. The van der Waals surface area contributed by atoms with E-state index in [9.17, 15) is 19.2 Å². The monoisotopic (exact) mass is 467 g/mol. The Morgan fingerprint density at radius 1 is 0.857 bits per heavy atom. The molecule has 0 saturated heterocycles. The third-order valence-corrected chi connectivity index (χ3v) is 6.69. The molecule has 4 amide bonds. The van der Waals surface area contributed by atoms with Gasteiger partial charge in [-0.3, -0.25) is 24.1 Å². The van der Waals surface area contributed by atoms with Crippen molar-refractivity contribution in [2.24, 2.45) is 0 Å². The van der Waals surface area contributed by atoms with Crippen molar-refractivity contribution >= 4 is 35.0 Å². The van der Waals surface area contributed by atoms with Gasteiger partial charge in [0.05, 0.1) is 17.2 Å². The Morgan fingerprint density at radius 3 is 2.06 bits per heavy atom. The zero-order chi connectivity index (χ0) is 24.7. The van der Waals surface area contributed by atoms with Gasteiger partial charge in [-0.1, -0.05) is 48.5 Å². The molecule has 2 atom stereocenters. The zero-order valence-corrected chi connectivity index (χ0v) is 19.5. The molecule has 7 heteroatoms. The van der Waals surface area contributed by atoms with E-state index in [2.05, 4.69) is 0 Å². The molecule has 7 nitrogen and oxygen atoms in total. The lowest BCUT2D eigenvalue weighted by Crippen LogP contribution is -2.51. The summed E-state index contributed by atoms with van der Waals surface area (Å²) in [7, 11) is 0. The third kappa shape index (κ3) is 3.79. The summed E-state index contributed by atoms with van der Waals surface area (Å²) < 4.78 is 0. The lowest BCUT2D eigenvalue weighted by Gasteiger charge is -2.43. The minimum atomic E-state index is -0.457. The fourth-order valence-electron chi connectivity index (χ4n) is 5.17. The smallest absolute Gasteiger partial charge is 0.262 e. The van der Waals surface area contributed by atoms with E-state index >= 15 is 0 Å². The van der Waals surface area contributed by atoms with Crippen LogP contribution in [0.3, 0.4) is 0 Å². The number of benzene rings is 3. The van der Waals surface area contributed by atoms with Gasteiger partial charge in [-0.15, -0.1) is 0 Å². The Morgan fingerprint density at radius 2 is 1.43 bits per heavy atom. The van der Waals surface area contributed by atoms with Crippen molar-refractivity contribution in [3.05, 3.63) is 95.6 Å². The molecule has 0 spiro atoms. The molecule has 5 rings (SSSR count). The number of nitrogens with zero attached hydrogens (tertiary/aromatic N) is 3. The highest BCUT2D eigenvalue weighted by Gasteiger charge is 2.41. The van der Waals surface area contributed by atoms with E-state index in [-0.39, 0.29) is 30.4 Å². The van der Waals surface area contributed by atoms with Crippen molar-refractivity contribution in [3.8, 4) is 0 Å². The van der Waals surface area contributed by atoms with E-state index in [1.807, 2.05) is 61.5 Å². The van der Waals surface area contributed by atoms with Crippen molar-refractivity contribution in [3.63, 3.8) is 0 Å². The van der Waals surface area contributed by atoms with Crippen molar-refractivity contribution in [2.45, 2.75) is 32.4 Å². The summed E-state index contributed by atoms with van der Waals surface area (Å²) in [5.74, 6) is -1.34. The Labute approximate surface area is 203 Å². The van der Waals surface area contributed by atoms with Crippen molar-refractivity contribution in [2.75, 3.05) is 16.3 Å². The van der Waals surface area contributed by atoms with Gasteiger partial charge in [-0.05, 0) is 49.2 Å². The van der Waals surface area contributed by atoms with Crippen LogP contribution in [0.1, 0.15) is 52.6 Å². The number of anilines is 2. The summed E-state index contributed by atoms with van der Waals surface area (Å²) >= 11 is 0. The average Bonchev–Trinajstić information content (AvgIpc) is 3.09. The maximum absolute atomic E-state index is 13.5. The standard InChI is InChI=1S/C28H25N3O4/c1-18-16-25(31(19(2)32)20-10-4-3-5-11-20)23-14-8-9-15-24(23)30(18)26(33)17-29-27(34)21-12-6-7-13-22(21)28(29)35/h3-15,18,25H,16-17H2,1-2H3/t18-,25-/m0/s1. The first-order chi connectivity index (χ1) is 16.9. The summed E-state index contributed by atoms with van der Waals surface area (Å²) in [4.78, 5) is 56.4. The summed E-state index contributed by atoms with van der Waals surface area (Å²) in [5, 5.41) is 0. The maximum Gasteiger partial charge on any atom is 0.262 e. The van der Waals surface area contributed by atoms with E-state index in [4.69, 9.17) is 0 Å². The number of fused-ring (bicyclic) bond motifs is 2. The number of rotatable bonds is 4. The van der Waals surface area contributed by atoms with Crippen LogP contribution in [-0.2, 0) is 9.59 Å². The zero-order valence-electron chi connectivity index (χ0n) is 19.5. The van der Waals surface area contributed by atoms with Crippen LogP contribution in [0.5, 0.6) is 0 Å². The first-order valence-corrected chi connectivity index (χ1v) is 11.6. The number of hydrogen-bond acceptors (Lipinski definition) is 4. The predicted octanol–water partition coefficient (Wildman–Crippen LogP) is 4.20. The Hall–Kier alpha value is -4.26. The second kappa shape index (κ2) is 8.83. The molecule has 0 radical (unpaired) electrons. The molecule has 0 fully saturated rings. The molecule has 35 heavy (non-hydrogen) atoms. The molecule has 3 aromatic rings. The molecule has 0 aliphatic carbocycles. The highest BCUT2D eigenvalue weighted by molar-refractivity contribution is 6.22. The summed E-state index contributed by atoms with van der Waals surface area (Å²) in [5.41, 5.74) is 2.95. The van der Waals surface area contributed by atoms with Gasteiger partial charge in [0.15, 0.2) is 0 Å². The van der Waals surface area contributed by atoms with Crippen LogP contribution >= 0.6 is 0 Å². The van der Waals surface area contributed by atoms with Gasteiger partial charge < -0.3 is 9.80 Å². The average molecular weight is 468 g/mol. The van der Waals surface area contributed by atoms with Crippen LogP contribution in [0.15, 0.2) is 78.9 Å². The maximum atomic E-state index is 13.5. The third-order valence-electron chi connectivity index (χ3n) is 6.69. The second-order valence-electron chi connectivity index (χ2n) is 8.89. The number of carbonyl (C=O) groups excluding carboxylic acids is 4. The number of imide groups is 1. The number of para-hydroxylation sites is 2. The van der Waals surface area contributed by atoms with Gasteiger partial charge in [0.25, 0.3) is 11.8 Å². The first kappa shape index (κ1) is 22.5. The minimum absolute atomic E-state index is 0.0889. The summed E-state index contributed by atoms with van der Waals surface area (Å²) in [6.07, 6.45) is 0.513. The van der Waals surface area contributed by atoms with Crippen LogP contribution < -0.4 is 9.80 Å². The van der Waals surface area contributed by atoms with Gasteiger partial charge in [0.1, 0.15) is 6.54 Å². The van der Waals surface area contributed by atoms with Gasteiger partial charge in [-0.25, -0.2) is 0 Å². The van der Waals surface area contributed by atoms with Crippen LogP contribution in [0.2, 0.25) is 0 Å². The van der Waals surface area contributed by atoms with E-state index in [1.54, 1.807) is 41.0 Å². The van der Waals surface area contributed by atoms with Crippen LogP contribution in [0.25, 0.3) is 0 Å². The molecule has 0 N–H and O–H groups in total. The Kier molecular flexibility index (Phi) is 5.68. The molecule has 176 valence electrons. The molecular formula is C28H25N3O4. The molecule has 3 aromatic carbocycles. The highest BCUT2D eigenvalue weighted by atomic mass is 16.2. The largest absolute Gasteiger partial charge is 0.308 e. The number of carbonyl (C=O) groups is 4. The van der Waals surface area contributed by atoms with Crippen molar-refractivity contribution < 1.29 is 19.2 Å². The minimum Gasteiger partial charge on any atom is -0.308 e. The summed E-state index contributed by atoms with van der Waals surface area (Å²) in [6.45, 7) is 3.12. The SMILES string of the molecule is CC(=O)N(c1ccccc1)[C@H]1C[C@H](C)N(C(=O)CN2C(=O)c3ccccc3C2=O)c2ccccc21. The highest BCUT2D eigenvalue weighted by Crippen LogP contribution is 2.42. The summed E-state index contributed by atoms with van der Waals surface area (Å²) in [6, 6.07) is 23.1. The molecule has 0 bridgehead atoms. The topological polar surface area (TPSA) is 78.0 Å². The van der Waals surface area contributed by atoms with E-state index < -0.39 is 11.8 Å². The molecule has 0 unspecified atom stereocenters. The number of hydrogen-bond donors (Lipinski definition) is 0. The van der Waals surface area contributed by atoms with E-state index in [0.29, 0.717) is 23.2 Å². The van der Waals surface area contributed by atoms with Gasteiger partial charge in [0, 0.05) is 24.3 Å². The quantitative estimate of drug-likeness (QED) is 0.539. The predicted molar refractivity (Wildman–Crippen MR) is 132 cm³/mol. The number of amides is 4. The van der Waals surface area contributed by atoms with Gasteiger partial charge >= 0.3 is 0 Å².